The summed E-state index contributed by atoms with van der Waals surface area (Å²) in [6.07, 6.45) is 5.98. The molecule has 2 aromatic rings. The SMILES string of the molecule is Cn1cc(CNCC2CCN(C[C@H](O)c3ccccc3)CC2)cn1. The maximum atomic E-state index is 10.3. The van der Waals surface area contributed by atoms with Gasteiger partial charge in [0.1, 0.15) is 0 Å². The summed E-state index contributed by atoms with van der Waals surface area (Å²) in [6.45, 7) is 4.83. The van der Waals surface area contributed by atoms with E-state index in [1.165, 1.54) is 18.4 Å². The van der Waals surface area contributed by atoms with Crippen LogP contribution < -0.4 is 5.32 Å². The van der Waals surface area contributed by atoms with Gasteiger partial charge < -0.3 is 15.3 Å². The first-order valence-corrected chi connectivity index (χ1v) is 8.84. The molecule has 2 N–H and O–H groups in total. The molecule has 24 heavy (non-hydrogen) atoms. The average molecular weight is 328 g/mol. The summed E-state index contributed by atoms with van der Waals surface area (Å²) < 4.78 is 1.84. The Morgan fingerprint density at radius 3 is 2.67 bits per heavy atom. The minimum atomic E-state index is -0.383. The number of β-amino-alcohol motifs (C(OH)–C–C–N with tert-alkyl or cyclic N) is 1. The number of piperidine rings is 1. The second-order valence-electron chi connectivity index (χ2n) is 6.82. The number of hydrogen-bond donors (Lipinski definition) is 2. The third-order valence-electron chi connectivity index (χ3n) is 4.84. The molecule has 0 bridgehead atoms. The number of benzene rings is 1. The van der Waals surface area contributed by atoms with Gasteiger partial charge in [0.25, 0.3) is 0 Å². The van der Waals surface area contributed by atoms with Crippen LogP contribution >= 0.6 is 0 Å². The molecular weight excluding hydrogens is 300 g/mol. The summed E-state index contributed by atoms with van der Waals surface area (Å²) >= 11 is 0. The molecule has 1 aliphatic heterocycles. The monoisotopic (exact) mass is 328 g/mol. The predicted molar refractivity (Wildman–Crippen MR) is 95.5 cm³/mol. The topological polar surface area (TPSA) is 53.3 Å². The highest BCUT2D eigenvalue weighted by molar-refractivity contribution is 5.17. The molecule has 0 spiro atoms. The summed E-state index contributed by atoms with van der Waals surface area (Å²) in [4.78, 5) is 2.38. The van der Waals surface area contributed by atoms with Crippen molar-refractivity contribution in [1.29, 1.82) is 0 Å². The van der Waals surface area contributed by atoms with Gasteiger partial charge in [-0.1, -0.05) is 30.3 Å². The highest BCUT2D eigenvalue weighted by atomic mass is 16.3. The van der Waals surface area contributed by atoms with Crippen molar-refractivity contribution in [2.75, 3.05) is 26.2 Å². The molecule has 1 aliphatic rings. The maximum Gasteiger partial charge on any atom is 0.0916 e. The van der Waals surface area contributed by atoms with Crippen molar-refractivity contribution in [3.63, 3.8) is 0 Å². The zero-order valence-electron chi connectivity index (χ0n) is 14.4. The minimum Gasteiger partial charge on any atom is -0.387 e. The Balaban J connectivity index is 1.35. The second kappa shape index (κ2) is 8.42. The van der Waals surface area contributed by atoms with Crippen LogP contribution in [-0.2, 0) is 13.6 Å². The van der Waals surface area contributed by atoms with E-state index in [4.69, 9.17) is 0 Å². The Morgan fingerprint density at radius 1 is 1.25 bits per heavy atom. The lowest BCUT2D eigenvalue weighted by Crippen LogP contribution is -2.39. The number of aromatic nitrogens is 2. The first-order valence-electron chi connectivity index (χ1n) is 8.84. The Labute approximate surface area is 144 Å². The summed E-state index contributed by atoms with van der Waals surface area (Å²) in [6, 6.07) is 9.96. The fraction of sp³-hybridized carbons (Fsp3) is 0.526. The highest BCUT2D eigenvalue weighted by Crippen LogP contribution is 2.20. The molecule has 130 valence electrons. The largest absolute Gasteiger partial charge is 0.387 e. The molecular formula is C19H28N4O. The summed E-state index contributed by atoms with van der Waals surface area (Å²) in [7, 11) is 1.95. The van der Waals surface area contributed by atoms with Crippen molar-refractivity contribution >= 4 is 0 Å². The third kappa shape index (κ3) is 4.90. The van der Waals surface area contributed by atoms with Crippen molar-refractivity contribution < 1.29 is 5.11 Å². The van der Waals surface area contributed by atoms with Gasteiger partial charge in [-0.15, -0.1) is 0 Å². The van der Waals surface area contributed by atoms with Crippen molar-refractivity contribution in [3.05, 3.63) is 53.9 Å². The lowest BCUT2D eigenvalue weighted by Gasteiger charge is -2.33. The molecule has 5 nitrogen and oxygen atoms in total. The van der Waals surface area contributed by atoms with E-state index in [9.17, 15) is 5.11 Å². The number of aliphatic hydroxyl groups is 1. The Morgan fingerprint density at radius 2 is 2.00 bits per heavy atom. The molecule has 0 radical (unpaired) electrons. The molecule has 2 heterocycles. The molecule has 1 aromatic heterocycles. The smallest absolute Gasteiger partial charge is 0.0916 e. The van der Waals surface area contributed by atoms with E-state index >= 15 is 0 Å². The Hall–Kier alpha value is -1.69. The van der Waals surface area contributed by atoms with E-state index in [2.05, 4.69) is 21.5 Å². The van der Waals surface area contributed by atoms with Gasteiger partial charge in [-0.05, 0) is 44.0 Å². The quantitative estimate of drug-likeness (QED) is 0.816. The van der Waals surface area contributed by atoms with E-state index in [1.807, 2.05) is 48.3 Å². The number of aliphatic hydroxyl groups excluding tert-OH is 1. The summed E-state index contributed by atoms with van der Waals surface area (Å²) in [5, 5.41) is 18.1. The van der Waals surface area contributed by atoms with Gasteiger partial charge >= 0.3 is 0 Å². The van der Waals surface area contributed by atoms with Crippen LogP contribution in [-0.4, -0.2) is 46.0 Å². The van der Waals surface area contributed by atoms with Crippen LogP contribution in [0.4, 0.5) is 0 Å². The number of rotatable bonds is 7. The lowest BCUT2D eigenvalue weighted by atomic mass is 9.96. The molecule has 1 aromatic carbocycles. The zero-order chi connectivity index (χ0) is 16.8. The Kier molecular flexibility index (Phi) is 6.01. The van der Waals surface area contributed by atoms with E-state index in [0.717, 1.165) is 44.2 Å². The third-order valence-corrected chi connectivity index (χ3v) is 4.84. The van der Waals surface area contributed by atoms with Gasteiger partial charge in [-0.3, -0.25) is 4.68 Å². The van der Waals surface area contributed by atoms with E-state index in [1.54, 1.807) is 0 Å². The fourth-order valence-electron chi connectivity index (χ4n) is 3.38. The molecule has 1 atom stereocenters. The zero-order valence-corrected chi connectivity index (χ0v) is 14.4. The van der Waals surface area contributed by atoms with Crippen LogP contribution in [0.2, 0.25) is 0 Å². The van der Waals surface area contributed by atoms with Gasteiger partial charge in [0, 0.05) is 31.9 Å². The Bertz CT molecular complexity index is 605. The van der Waals surface area contributed by atoms with Crippen molar-refractivity contribution in [2.24, 2.45) is 13.0 Å². The first kappa shape index (κ1) is 17.1. The van der Waals surface area contributed by atoms with Gasteiger partial charge in [0.15, 0.2) is 0 Å². The normalized spacial score (nSPS) is 17.9. The first-order chi connectivity index (χ1) is 11.7. The van der Waals surface area contributed by atoms with E-state index in [-0.39, 0.29) is 6.10 Å². The standard InChI is InChI=1S/C19H28N4O/c1-22-14-17(13-21-22)12-20-11-16-7-9-23(10-8-16)15-19(24)18-5-3-2-4-6-18/h2-6,13-14,16,19-20,24H,7-12,15H2,1H3/t19-/m0/s1. The van der Waals surface area contributed by atoms with Crippen LogP contribution in [0, 0.1) is 5.92 Å². The van der Waals surface area contributed by atoms with E-state index in [0.29, 0.717) is 0 Å². The van der Waals surface area contributed by atoms with Gasteiger partial charge in [0.2, 0.25) is 0 Å². The number of likely N-dealkylation sites (tertiary alicyclic amines) is 1. The number of nitrogens with one attached hydrogen (secondary N) is 1. The summed E-state index contributed by atoms with van der Waals surface area (Å²) in [5.74, 6) is 0.729. The number of hydrogen-bond acceptors (Lipinski definition) is 4. The average Bonchev–Trinajstić information content (AvgIpc) is 3.02. The van der Waals surface area contributed by atoms with Crippen molar-refractivity contribution in [1.82, 2.24) is 20.0 Å². The van der Waals surface area contributed by atoms with Crippen LogP contribution in [0.25, 0.3) is 0 Å². The molecule has 0 unspecified atom stereocenters. The van der Waals surface area contributed by atoms with Crippen LogP contribution in [0.3, 0.4) is 0 Å². The van der Waals surface area contributed by atoms with Crippen LogP contribution in [0.5, 0.6) is 0 Å². The maximum absolute atomic E-state index is 10.3. The van der Waals surface area contributed by atoms with Crippen LogP contribution in [0.1, 0.15) is 30.1 Å². The molecule has 1 fully saturated rings. The van der Waals surface area contributed by atoms with Gasteiger partial charge in [0.05, 0.1) is 12.3 Å². The number of aryl methyl sites for hydroxylation is 1. The summed E-state index contributed by atoms with van der Waals surface area (Å²) in [5.41, 5.74) is 2.25. The lowest BCUT2D eigenvalue weighted by molar-refractivity contribution is 0.0891. The number of nitrogens with zero attached hydrogens (tertiary/aromatic N) is 3. The molecule has 0 aliphatic carbocycles. The molecule has 0 amide bonds. The van der Waals surface area contributed by atoms with Gasteiger partial charge in [-0.25, -0.2) is 0 Å². The highest BCUT2D eigenvalue weighted by Gasteiger charge is 2.21. The molecule has 3 rings (SSSR count). The van der Waals surface area contributed by atoms with Crippen molar-refractivity contribution in [3.8, 4) is 0 Å². The minimum absolute atomic E-state index is 0.383. The van der Waals surface area contributed by atoms with Crippen LogP contribution in [0.15, 0.2) is 42.7 Å². The molecule has 1 saturated heterocycles. The second-order valence-corrected chi connectivity index (χ2v) is 6.82. The van der Waals surface area contributed by atoms with E-state index < -0.39 is 0 Å². The fourth-order valence-corrected chi connectivity index (χ4v) is 3.38. The molecule has 0 saturated carbocycles. The van der Waals surface area contributed by atoms with Gasteiger partial charge in [-0.2, -0.15) is 5.10 Å². The molecule has 5 heteroatoms. The predicted octanol–water partition coefficient (Wildman–Crippen LogP) is 1.96. The van der Waals surface area contributed by atoms with Crippen molar-refractivity contribution in [2.45, 2.75) is 25.5 Å².